The molecule has 0 radical (unpaired) electrons. The zero-order chi connectivity index (χ0) is 24.8. The van der Waals surface area contributed by atoms with Crippen LogP contribution in [0.1, 0.15) is 27.7 Å². The fourth-order valence-corrected chi connectivity index (χ4v) is 0. The molecule has 0 heterocycles. The second kappa shape index (κ2) is 24.1. The Morgan fingerprint density at radius 3 is 0.621 bits per heavy atom. The average molecular weight is 569 g/mol. The molecule has 19 heteroatoms. The molecule has 0 unspecified atom stereocenters. The summed E-state index contributed by atoms with van der Waals surface area (Å²) in [4.78, 5) is 0. The Bertz CT molecular complexity index is 665. The SMILES string of the molecule is CC#N.CC#N.CC#N.CC#N.O=S(=O)([O-])C(F)(F)F.O=S(=O)([O-])C(F)(F)F.[Pd+2]. The summed E-state index contributed by atoms with van der Waals surface area (Å²) in [6.07, 6.45) is 0. The van der Waals surface area contributed by atoms with E-state index in [4.69, 9.17) is 47.0 Å². The van der Waals surface area contributed by atoms with Crippen LogP contribution in [0.4, 0.5) is 26.3 Å². The van der Waals surface area contributed by atoms with Gasteiger partial charge < -0.3 is 9.11 Å². The Balaban J connectivity index is -0.0000000429. The molecule has 10 nitrogen and oxygen atoms in total. The third-order valence-electron chi connectivity index (χ3n) is 0.567. The normalized spacial score (nSPS) is 8.83. The van der Waals surface area contributed by atoms with Gasteiger partial charge in [-0.1, -0.05) is 0 Å². The third kappa shape index (κ3) is 58.5. The van der Waals surface area contributed by atoms with Crippen LogP contribution >= 0.6 is 0 Å². The molecule has 172 valence electrons. The number of nitrogens with zero attached hydrogens (tertiary/aromatic N) is 4. The van der Waals surface area contributed by atoms with Crippen molar-refractivity contribution in [1.82, 2.24) is 0 Å². The van der Waals surface area contributed by atoms with Gasteiger partial charge in [0.05, 0.1) is 24.3 Å². The van der Waals surface area contributed by atoms with Crippen molar-refractivity contribution in [1.29, 1.82) is 21.0 Å². The molecule has 0 aromatic rings. The van der Waals surface area contributed by atoms with Crippen LogP contribution in [-0.2, 0) is 40.7 Å². The zero-order valence-electron chi connectivity index (χ0n) is 14.6. The summed E-state index contributed by atoms with van der Waals surface area (Å²) < 4.78 is 118. The van der Waals surface area contributed by atoms with Crippen LogP contribution in [0.3, 0.4) is 0 Å². The first-order valence-corrected chi connectivity index (χ1v) is 8.25. The molecular weight excluding hydrogens is 557 g/mol. The second-order valence-corrected chi connectivity index (χ2v) is 5.44. The van der Waals surface area contributed by atoms with Gasteiger partial charge in [0.2, 0.25) is 0 Å². The Morgan fingerprint density at radius 1 is 0.586 bits per heavy atom. The van der Waals surface area contributed by atoms with Crippen molar-refractivity contribution in [3.63, 3.8) is 0 Å². The molecule has 0 aromatic heterocycles. The predicted molar refractivity (Wildman–Crippen MR) is 76.7 cm³/mol. The molecule has 0 fully saturated rings. The quantitative estimate of drug-likeness (QED) is 0.180. The van der Waals surface area contributed by atoms with Gasteiger partial charge in [-0.05, 0) is 0 Å². The van der Waals surface area contributed by atoms with Crippen LogP contribution in [0.15, 0.2) is 0 Å². The van der Waals surface area contributed by atoms with Gasteiger partial charge in [0, 0.05) is 27.7 Å². The van der Waals surface area contributed by atoms with Crippen LogP contribution in [0, 0.1) is 45.3 Å². The maximum Gasteiger partial charge on any atom is 2.00 e. The molecule has 0 aliphatic rings. The minimum atomic E-state index is -6.09. The maximum absolute atomic E-state index is 10.7. The van der Waals surface area contributed by atoms with Crippen LogP contribution in [0.5, 0.6) is 0 Å². The van der Waals surface area contributed by atoms with Gasteiger partial charge in [-0.3, -0.25) is 0 Å². The molecule has 0 aliphatic carbocycles. The minimum absolute atomic E-state index is 0. The van der Waals surface area contributed by atoms with Gasteiger partial charge >= 0.3 is 31.4 Å². The van der Waals surface area contributed by atoms with Crippen molar-refractivity contribution in [2.24, 2.45) is 0 Å². The van der Waals surface area contributed by atoms with E-state index in [1.54, 1.807) is 24.3 Å². The van der Waals surface area contributed by atoms with Gasteiger partial charge in [0.15, 0.2) is 20.2 Å². The topological polar surface area (TPSA) is 210 Å². The first kappa shape index (κ1) is 45.6. The number of nitriles is 4. The Kier molecular flexibility index (Phi) is 37.9. The zero-order valence-corrected chi connectivity index (χ0v) is 17.8. The number of hydrogen-bond acceptors (Lipinski definition) is 10. The first-order chi connectivity index (χ1) is 12.2. The molecular formula is C10H12F6N4O6PdS2. The summed E-state index contributed by atoms with van der Waals surface area (Å²) in [5, 5.41) is 29.3. The smallest absolute Gasteiger partial charge is 0.741 e. The van der Waals surface area contributed by atoms with Gasteiger partial charge in [0.1, 0.15) is 0 Å². The monoisotopic (exact) mass is 568 g/mol. The van der Waals surface area contributed by atoms with Crippen molar-refractivity contribution in [2.75, 3.05) is 0 Å². The number of hydrogen-bond donors (Lipinski definition) is 0. The second-order valence-electron chi connectivity index (χ2n) is 2.69. The molecule has 0 rings (SSSR count). The predicted octanol–water partition coefficient (Wildman–Crippen LogP) is 2.22. The van der Waals surface area contributed by atoms with Crippen LogP contribution < -0.4 is 0 Å². The molecule has 0 aromatic carbocycles. The molecule has 0 bridgehead atoms. The van der Waals surface area contributed by atoms with Crippen LogP contribution in [-0.4, -0.2) is 37.0 Å². The van der Waals surface area contributed by atoms with Crippen molar-refractivity contribution in [2.45, 2.75) is 38.7 Å². The average Bonchev–Trinajstić information content (AvgIpc) is 2.38. The van der Waals surface area contributed by atoms with E-state index in [1.807, 2.05) is 0 Å². The minimum Gasteiger partial charge on any atom is -0.741 e. The molecule has 0 aliphatic heterocycles. The molecule has 0 N–H and O–H groups in total. The van der Waals surface area contributed by atoms with E-state index < -0.39 is 31.3 Å². The molecule has 0 atom stereocenters. The van der Waals surface area contributed by atoms with E-state index in [0.717, 1.165) is 0 Å². The number of rotatable bonds is 0. The van der Waals surface area contributed by atoms with Gasteiger partial charge in [-0.25, -0.2) is 16.8 Å². The fourth-order valence-electron chi connectivity index (χ4n) is 0. The van der Waals surface area contributed by atoms with Crippen LogP contribution in [0.2, 0.25) is 0 Å². The fraction of sp³-hybridized carbons (Fsp3) is 0.600. The van der Waals surface area contributed by atoms with Crippen LogP contribution in [0.25, 0.3) is 0 Å². The summed E-state index contributed by atoms with van der Waals surface area (Å²) in [5.74, 6) is 0. The van der Waals surface area contributed by atoms with Crippen molar-refractivity contribution in [3.8, 4) is 24.3 Å². The maximum atomic E-state index is 10.7. The summed E-state index contributed by atoms with van der Waals surface area (Å²) in [7, 11) is -12.2. The summed E-state index contributed by atoms with van der Waals surface area (Å²) in [6.45, 7) is 5.72. The first-order valence-electron chi connectivity index (χ1n) is 5.44. The van der Waals surface area contributed by atoms with E-state index in [9.17, 15) is 26.3 Å². The van der Waals surface area contributed by atoms with E-state index in [0.29, 0.717) is 0 Å². The van der Waals surface area contributed by atoms with E-state index in [1.165, 1.54) is 27.7 Å². The molecule has 0 amide bonds. The van der Waals surface area contributed by atoms with E-state index in [2.05, 4.69) is 0 Å². The van der Waals surface area contributed by atoms with Crippen molar-refractivity contribution in [3.05, 3.63) is 0 Å². The van der Waals surface area contributed by atoms with Gasteiger partial charge in [0.25, 0.3) is 0 Å². The Labute approximate surface area is 177 Å². The number of halogens is 6. The van der Waals surface area contributed by atoms with Crippen molar-refractivity contribution >= 4 is 20.2 Å². The Hall–Kier alpha value is -1.98. The van der Waals surface area contributed by atoms with Gasteiger partial charge in [-0.2, -0.15) is 47.4 Å². The third-order valence-corrected chi connectivity index (χ3v) is 1.70. The summed E-state index contributed by atoms with van der Waals surface area (Å²) >= 11 is 0. The summed E-state index contributed by atoms with van der Waals surface area (Å²) in [6, 6.07) is 7.00. The molecule has 0 spiro atoms. The van der Waals surface area contributed by atoms with Gasteiger partial charge in [-0.15, -0.1) is 0 Å². The number of alkyl halides is 6. The molecule has 0 saturated carbocycles. The van der Waals surface area contributed by atoms with E-state index >= 15 is 0 Å². The Morgan fingerprint density at radius 2 is 0.621 bits per heavy atom. The summed E-state index contributed by atoms with van der Waals surface area (Å²) in [5.41, 5.74) is -11.3. The van der Waals surface area contributed by atoms with Crippen molar-refractivity contribution < 1.29 is 72.7 Å². The van der Waals surface area contributed by atoms with E-state index in [-0.39, 0.29) is 20.4 Å². The molecule has 0 saturated heterocycles. The molecule has 29 heavy (non-hydrogen) atoms. The standard InChI is InChI=1S/4C2H3N.2CHF3O3S.Pd/c4*1-2-3;2*2-1(3,4)8(5,6)7;/h4*1H3;2*(H,5,6,7);/q;;;;;;+2/p-2. The largest absolute Gasteiger partial charge is 2.00 e.